The zero-order valence-corrected chi connectivity index (χ0v) is 23.4. The minimum Gasteiger partial charge on any atom is -0.456 e. The molecule has 0 aliphatic carbocycles. The largest absolute Gasteiger partial charge is 0.456 e. The lowest BCUT2D eigenvalue weighted by Gasteiger charge is -2.42. The Morgan fingerprint density at radius 2 is 1.52 bits per heavy atom. The van der Waals surface area contributed by atoms with Gasteiger partial charge in [0.2, 0.25) is 0 Å². The lowest BCUT2D eigenvalue weighted by Crippen LogP contribution is -2.55. The molecule has 2 heterocycles. The molecule has 0 saturated carbocycles. The summed E-state index contributed by atoms with van der Waals surface area (Å²) in [4.78, 5) is 36.1. The zero-order chi connectivity index (χ0) is 29.0. The summed E-state index contributed by atoms with van der Waals surface area (Å²) in [6.45, 7) is 3.38. The summed E-state index contributed by atoms with van der Waals surface area (Å²) in [5.74, 6) is -2.01. The van der Waals surface area contributed by atoms with E-state index in [9.17, 15) is 19.6 Å². The van der Waals surface area contributed by atoms with Crippen molar-refractivity contribution in [3.63, 3.8) is 0 Å². The van der Waals surface area contributed by atoms with Crippen LogP contribution in [0.5, 0.6) is 0 Å². The summed E-state index contributed by atoms with van der Waals surface area (Å²) < 4.78 is 24.3. The maximum absolute atomic E-state index is 12.3. The van der Waals surface area contributed by atoms with E-state index in [4.69, 9.17) is 42.8 Å². The second-order valence-corrected chi connectivity index (χ2v) is 9.82. The predicted octanol–water partition coefficient (Wildman–Crippen LogP) is 5.40. The molecular formula is C29H25ClN2O7S. The van der Waals surface area contributed by atoms with Crippen LogP contribution < -0.4 is 0 Å². The number of hydrogen-bond donors (Lipinski definition) is 0. The standard InChI is InChI=1S/C29H25ClN2O7S/c1-16(33)37-25-15-36-28(27(39-18(3)35)26(25)38-17(2)34)32-24(20-9-11-21(30)12-10-20)13-22(23(14-31)29(32)40)19-7-5-4-6-8-19/h4-13,25-28H,15H2,1-3H3/t25-,26-,27-,28-/m1/s1. The molecule has 206 valence electrons. The van der Waals surface area contributed by atoms with Gasteiger partial charge in [0.05, 0.1) is 17.9 Å². The maximum Gasteiger partial charge on any atom is 0.303 e. The van der Waals surface area contributed by atoms with Gasteiger partial charge in [0, 0.05) is 31.4 Å². The SMILES string of the molecule is CC(=O)O[C@@H]1[C@H](OC(C)=O)[C@H](OC(C)=O)CO[C@H]1n1c(-c2ccc(Cl)cc2)cc(-c2ccccc2)c(C#N)c1=S. The number of ether oxygens (including phenoxy) is 4. The Labute approximate surface area is 240 Å². The molecule has 0 N–H and O–H groups in total. The van der Waals surface area contributed by atoms with Crippen LogP contribution in [0.2, 0.25) is 5.02 Å². The molecule has 1 aliphatic rings. The first-order chi connectivity index (χ1) is 19.1. The highest BCUT2D eigenvalue weighted by Gasteiger charge is 2.48. The van der Waals surface area contributed by atoms with Crippen molar-refractivity contribution in [1.29, 1.82) is 5.26 Å². The minimum absolute atomic E-state index is 0.100. The van der Waals surface area contributed by atoms with E-state index in [1.807, 2.05) is 30.3 Å². The lowest BCUT2D eigenvalue weighted by molar-refractivity contribution is -0.239. The van der Waals surface area contributed by atoms with E-state index in [0.29, 0.717) is 21.8 Å². The fourth-order valence-corrected chi connectivity index (χ4v) is 5.10. The van der Waals surface area contributed by atoms with Crippen LogP contribution in [0, 0.1) is 16.0 Å². The number of pyridine rings is 1. The van der Waals surface area contributed by atoms with E-state index in [1.165, 1.54) is 20.8 Å². The van der Waals surface area contributed by atoms with E-state index in [-0.39, 0.29) is 16.8 Å². The number of nitrogens with zero attached hydrogens (tertiary/aromatic N) is 2. The zero-order valence-electron chi connectivity index (χ0n) is 21.8. The number of carbonyl (C=O) groups is 3. The van der Waals surface area contributed by atoms with Crippen molar-refractivity contribution in [1.82, 2.24) is 4.57 Å². The van der Waals surface area contributed by atoms with E-state index in [0.717, 1.165) is 5.56 Å². The van der Waals surface area contributed by atoms with Crippen LogP contribution in [0.15, 0.2) is 60.7 Å². The fourth-order valence-electron chi connectivity index (χ4n) is 4.62. The molecule has 2 aromatic carbocycles. The Hall–Kier alpha value is -4.04. The normalized spacial score (nSPS) is 20.2. The second kappa shape index (κ2) is 12.4. The summed E-state index contributed by atoms with van der Waals surface area (Å²) in [6, 6.07) is 20.2. The van der Waals surface area contributed by atoms with Gasteiger partial charge in [0.1, 0.15) is 10.7 Å². The average molecular weight is 581 g/mol. The van der Waals surface area contributed by atoms with Gasteiger partial charge < -0.3 is 23.5 Å². The highest BCUT2D eigenvalue weighted by atomic mass is 35.5. The van der Waals surface area contributed by atoms with Crippen LogP contribution in [0.1, 0.15) is 32.6 Å². The quantitative estimate of drug-likeness (QED) is 0.214. The van der Waals surface area contributed by atoms with E-state index >= 15 is 0 Å². The first-order valence-corrected chi connectivity index (χ1v) is 13.0. The third-order valence-corrected chi connectivity index (χ3v) is 6.81. The van der Waals surface area contributed by atoms with Gasteiger partial charge >= 0.3 is 17.9 Å². The molecule has 3 aromatic rings. The third kappa shape index (κ3) is 6.23. The van der Waals surface area contributed by atoms with Crippen LogP contribution >= 0.6 is 23.8 Å². The van der Waals surface area contributed by atoms with Gasteiger partial charge in [-0.25, -0.2) is 0 Å². The van der Waals surface area contributed by atoms with Gasteiger partial charge in [0.25, 0.3) is 0 Å². The first kappa shape index (κ1) is 29.0. The van der Waals surface area contributed by atoms with Crippen LogP contribution in [0.25, 0.3) is 22.4 Å². The van der Waals surface area contributed by atoms with Gasteiger partial charge in [-0.05, 0) is 29.3 Å². The Morgan fingerprint density at radius 1 is 0.925 bits per heavy atom. The van der Waals surface area contributed by atoms with Crippen LogP contribution in [-0.2, 0) is 33.3 Å². The molecule has 1 fully saturated rings. The van der Waals surface area contributed by atoms with Gasteiger partial charge in [-0.1, -0.05) is 66.3 Å². The van der Waals surface area contributed by atoms with Gasteiger partial charge in [0.15, 0.2) is 24.5 Å². The molecule has 4 rings (SSSR count). The monoisotopic (exact) mass is 580 g/mol. The molecule has 1 aliphatic heterocycles. The Balaban J connectivity index is 1.99. The molecule has 1 saturated heterocycles. The van der Waals surface area contributed by atoms with Crippen molar-refractivity contribution >= 4 is 41.7 Å². The van der Waals surface area contributed by atoms with E-state index < -0.39 is 42.4 Å². The van der Waals surface area contributed by atoms with Crippen molar-refractivity contribution in [3.8, 4) is 28.5 Å². The molecule has 40 heavy (non-hydrogen) atoms. The summed E-state index contributed by atoms with van der Waals surface area (Å²) in [5.41, 5.74) is 2.74. The first-order valence-electron chi connectivity index (χ1n) is 12.2. The maximum atomic E-state index is 12.3. The van der Waals surface area contributed by atoms with Crippen molar-refractivity contribution in [3.05, 3.63) is 75.9 Å². The lowest BCUT2D eigenvalue weighted by atomic mass is 9.97. The smallest absolute Gasteiger partial charge is 0.303 e. The van der Waals surface area contributed by atoms with Crippen molar-refractivity contribution < 1.29 is 33.3 Å². The van der Waals surface area contributed by atoms with E-state index in [1.54, 1.807) is 34.9 Å². The number of carbonyl (C=O) groups excluding carboxylic acids is 3. The number of aromatic nitrogens is 1. The number of esters is 3. The van der Waals surface area contributed by atoms with Crippen LogP contribution in [-0.4, -0.2) is 47.4 Å². The number of nitriles is 1. The molecule has 4 atom stereocenters. The fraction of sp³-hybridized carbons (Fsp3) is 0.276. The number of rotatable bonds is 6. The Morgan fingerprint density at radius 3 is 2.10 bits per heavy atom. The molecule has 0 radical (unpaired) electrons. The minimum atomic E-state index is -1.29. The van der Waals surface area contributed by atoms with Crippen molar-refractivity contribution in [2.24, 2.45) is 0 Å². The number of hydrogen-bond acceptors (Lipinski definition) is 9. The van der Waals surface area contributed by atoms with E-state index in [2.05, 4.69) is 6.07 Å². The molecule has 9 nitrogen and oxygen atoms in total. The highest BCUT2D eigenvalue weighted by Crippen LogP contribution is 2.38. The van der Waals surface area contributed by atoms with Gasteiger partial charge in [-0.15, -0.1) is 0 Å². The summed E-state index contributed by atoms with van der Waals surface area (Å²) >= 11 is 12.0. The molecule has 1 aromatic heterocycles. The summed E-state index contributed by atoms with van der Waals surface area (Å²) in [5, 5.41) is 10.7. The molecule has 0 amide bonds. The average Bonchev–Trinajstić information content (AvgIpc) is 2.90. The Kier molecular flexibility index (Phi) is 9.00. The number of halogens is 1. The molecule has 0 unspecified atom stereocenters. The van der Waals surface area contributed by atoms with Crippen LogP contribution in [0.3, 0.4) is 0 Å². The highest BCUT2D eigenvalue weighted by molar-refractivity contribution is 7.71. The summed E-state index contributed by atoms with van der Waals surface area (Å²) in [7, 11) is 0. The number of benzene rings is 2. The molecular weight excluding hydrogens is 556 g/mol. The molecule has 0 spiro atoms. The predicted molar refractivity (Wildman–Crippen MR) is 148 cm³/mol. The third-order valence-electron chi connectivity index (χ3n) is 6.16. The van der Waals surface area contributed by atoms with Gasteiger partial charge in [-0.3, -0.25) is 14.4 Å². The molecule has 11 heteroatoms. The second-order valence-electron chi connectivity index (χ2n) is 9.00. The molecule has 0 bridgehead atoms. The Bertz CT molecular complexity index is 1530. The van der Waals surface area contributed by atoms with Crippen molar-refractivity contribution in [2.45, 2.75) is 45.3 Å². The van der Waals surface area contributed by atoms with Crippen LogP contribution in [0.4, 0.5) is 0 Å². The van der Waals surface area contributed by atoms with Gasteiger partial charge in [-0.2, -0.15) is 5.26 Å². The topological polar surface area (TPSA) is 117 Å². The van der Waals surface area contributed by atoms with Crippen molar-refractivity contribution in [2.75, 3.05) is 6.61 Å². The summed E-state index contributed by atoms with van der Waals surface area (Å²) in [6.07, 6.45) is -4.72.